The van der Waals surface area contributed by atoms with Crippen molar-refractivity contribution < 1.29 is 33.3 Å². The van der Waals surface area contributed by atoms with E-state index in [1.165, 1.54) is 6.08 Å². The number of carbonyl (C=O) groups is 2. The van der Waals surface area contributed by atoms with E-state index in [1.807, 2.05) is 12.1 Å². The predicted molar refractivity (Wildman–Crippen MR) is 120 cm³/mol. The van der Waals surface area contributed by atoms with Gasteiger partial charge in [-0.1, -0.05) is 6.07 Å². The number of hydrogen-bond donors (Lipinski definition) is 0. The Morgan fingerprint density at radius 3 is 2.22 bits per heavy atom. The number of rotatable bonds is 8. The molecule has 0 saturated heterocycles. The zero-order chi connectivity index (χ0) is 23.3. The predicted octanol–water partition coefficient (Wildman–Crippen LogP) is 4.04. The van der Waals surface area contributed by atoms with Crippen LogP contribution in [-0.2, 0) is 14.3 Å². The molecule has 0 bridgehead atoms. The van der Waals surface area contributed by atoms with Gasteiger partial charge in [-0.3, -0.25) is 9.59 Å². The van der Waals surface area contributed by atoms with Crippen LogP contribution in [0.4, 0.5) is 0 Å². The van der Waals surface area contributed by atoms with Gasteiger partial charge in [0.25, 0.3) is 0 Å². The third-order valence-corrected chi connectivity index (χ3v) is 5.60. The van der Waals surface area contributed by atoms with Crippen molar-refractivity contribution in [3.05, 3.63) is 53.6 Å². The van der Waals surface area contributed by atoms with E-state index in [-0.39, 0.29) is 12.4 Å². The molecule has 1 aliphatic carbocycles. The lowest BCUT2D eigenvalue weighted by Crippen LogP contribution is -2.34. The van der Waals surface area contributed by atoms with Crippen molar-refractivity contribution in [3.63, 3.8) is 0 Å². The highest BCUT2D eigenvalue weighted by Crippen LogP contribution is 2.45. The molecule has 32 heavy (non-hydrogen) atoms. The monoisotopic (exact) mass is 440 g/mol. The van der Waals surface area contributed by atoms with Crippen LogP contribution in [0.1, 0.15) is 30.4 Å². The molecule has 0 radical (unpaired) electrons. The Morgan fingerprint density at radius 2 is 1.59 bits per heavy atom. The smallest absolute Gasteiger partial charge is 0.317 e. The minimum Gasteiger partial charge on any atom is -0.497 e. The molecule has 2 aromatic rings. The first-order valence-electron chi connectivity index (χ1n) is 10.3. The number of allylic oxidation sites excluding steroid dienone is 2. The summed E-state index contributed by atoms with van der Waals surface area (Å²) in [7, 11) is 6.24. The molecule has 0 aromatic heterocycles. The average molecular weight is 440 g/mol. The molecular weight excluding hydrogens is 412 g/mol. The molecule has 0 amide bonds. The van der Waals surface area contributed by atoms with Gasteiger partial charge in [-0.05, 0) is 60.9 Å². The van der Waals surface area contributed by atoms with Gasteiger partial charge >= 0.3 is 5.97 Å². The summed E-state index contributed by atoms with van der Waals surface area (Å²) < 4.78 is 26.9. The van der Waals surface area contributed by atoms with Crippen molar-refractivity contribution in [1.82, 2.24) is 0 Å². The number of esters is 1. The van der Waals surface area contributed by atoms with Gasteiger partial charge in [-0.25, -0.2) is 0 Å². The highest BCUT2D eigenvalue weighted by atomic mass is 16.5. The first-order valence-corrected chi connectivity index (χ1v) is 10.3. The van der Waals surface area contributed by atoms with Crippen molar-refractivity contribution in [2.24, 2.45) is 5.92 Å². The number of benzene rings is 2. The largest absolute Gasteiger partial charge is 0.497 e. The van der Waals surface area contributed by atoms with Crippen molar-refractivity contribution in [1.29, 1.82) is 0 Å². The van der Waals surface area contributed by atoms with Gasteiger partial charge in [-0.2, -0.15) is 0 Å². The minimum atomic E-state index is -0.972. The van der Waals surface area contributed by atoms with E-state index in [2.05, 4.69) is 0 Å². The average Bonchev–Trinajstić information content (AvgIpc) is 2.82. The van der Waals surface area contributed by atoms with Crippen LogP contribution in [-0.4, -0.2) is 46.8 Å². The molecule has 3 rings (SSSR count). The summed E-state index contributed by atoms with van der Waals surface area (Å²) in [5, 5.41) is 0. The Hall–Kier alpha value is -3.48. The highest BCUT2D eigenvalue weighted by Gasteiger charge is 2.41. The lowest BCUT2D eigenvalue weighted by atomic mass is 9.73. The van der Waals surface area contributed by atoms with Crippen LogP contribution in [0.5, 0.6) is 23.0 Å². The molecule has 2 atom stereocenters. The van der Waals surface area contributed by atoms with E-state index in [4.69, 9.17) is 23.7 Å². The lowest BCUT2D eigenvalue weighted by molar-refractivity contribution is -0.151. The van der Waals surface area contributed by atoms with E-state index in [9.17, 15) is 9.59 Å². The number of methoxy groups -OCH3 is 4. The molecule has 7 nitrogen and oxygen atoms in total. The van der Waals surface area contributed by atoms with Gasteiger partial charge in [0, 0.05) is 11.5 Å². The Bertz CT molecular complexity index is 1020. The maximum atomic E-state index is 13.2. The molecule has 2 unspecified atom stereocenters. The quantitative estimate of drug-likeness (QED) is 0.453. The molecule has 7 heteroatoms. The molecule has 0 spiro atoms. The van der Waals surface area contributed by atoms with Gasteiger partial charge in [0.05, 0.1) is 35.0 Å². The fourth-order valence-electron chi connectivity index (χ4n) is 4.04. The van der Waals surface area contributed by atoms with Gasteiger partial charge in [0.1, 0.15) is 17.4 Å². The first kappa shape index (κ1) is 23.2. The second-order valence-corrected chi connectivity index (χ2v) is 7.29. The molecule has 1 aliphatic rings. The molecule has 2 aromatic carbocycles. The standard InChI is InChI=1S/C25H28O7/c1-6-32-25(27)24-19(18-14-17(28-2)8-10-21(18)29-3)11-16(12-20(24)26)15-7-9-22(30-4)23(13-15)31-5/h7-10,12-14,19,24H,6,11H2,1-5H3. The van der Waals surface area contributed by atoms with Crippen LogP contribution in [0.2, 0.25) is 0 Å². The van der Waals surface area contributed by atoms with Crippen LogP contribution >= 0.6 is 0 Å². The summed E-state index contributed by atoms with van der Waals surface area (Å²) in [6.45, 7) is 1.91. The van der Waals surface area contributed by atoms with Crippen molar-refractivity contribution >= 4 is 17.3 Å². The van der Waals surface area contributed by atoms with Crippen LogP contribution in [0, 0.1) is 5.92 Å². The number of carbonyl (C=O) groups excluding carboxylic acids is 2. The number of hydrogen-bond acceptors (Lipinski definition) is 7. The van der Waals surface area contributed by atoms with E-state index in [1.54, 1.807) is 59.6 Å². The maximum absolute atomic E-state index is 13.2. The normalized spacial score (nSPS) is 17.9. The number of ketones is 1. The zero-order valence-electron chi connectivity index (χ0n) is 19.0. The summed E-state index contributed by atoms with van der Waals surface area (Å²) in [6.07, 6.45) is 1.94. The summed E-state index contributed by atoms with van der Waals surface area (Å²) in [5.41, 5.74) is 2.31. The van der Waals surface area contributed by atoms with Gasteiger partial charge in [-0.15, -0.1) is 0 Å². The second kappa shape index (κ2) is 10.2. The molecule has 0 N–H and O–H groups in total. The van der Waals surface area contributed by atoms with Crippen LogP contribution in [0.25, 0.3) is 5.57 Å². The summed E-state index contributed by atoms with van der Waals surface area (Å²) >= 11 is 0. The molecule has 0 aliphatic heterocycles. The highest BCUT2D eigenvalue weighted by molar-refractivity contribution is 6.10. The molecule has 0 heterocycles. The van der Waals surface area contributed by atoms with Gasteiger partial charge in [0.15, 0.2) is 17.3 Å². The van der Waals surface area contributed by atoms with Crippen LogP contribution in [0.15, 0.2) is 42.5 Å². The SMILES string of the molecule is CCOC(=O)C1C(=O)C=C(c2ccc(OC)c(OC)c2)CC1c1cc(OC)ccc1OC. The fourth-order valence-corrected chi connectivity index (χ4v) is 4.04. The second-order valence-electron chi connectivity index (χ2n) is 7.29. The summed E-state index contributed by atoms with van der Waals surface area (Å²) in [6, 6.07) is 10.8. The Balaban J connectivity index is 2.12. The Labute approximate surface area is 187 Å². The van der Waals surface area contributed by atoms with Crippen molar-refractivity contribution in [2.45, 2.75) is 19.3 Å². The van der Waals surface area contributed by atoms with E-state index in [0.717, 1.165) is 11.1 Å². The molecule has 170 valence electrons. The summed E-state index contributed by atoms with van der Waals surface area (Å²) in [5.74, 6) is 0.0178. The molecule has 0 fully saturated rings. The summed E-state index contributed by atoms with van der Waals surface area (Å²) in [4.78, 5) is 26.0. The fraction of sp³-hybridized carbons (Fsp3) is 0.360. The van der Waals surface area contributed by atoms with Gasteiger partial charge < -0.3 is 23.7 Å². The topological polar surface area (TPSA) is 80.3 Å². The molecule has 0 saturated carbocycles. The van der Waals surface area contributed by atoms with Crippen molar-refractivity contribution in [3.8, 4) is 23.0 Å². The van der Waals surface area contributed by atoms with Crippen LogP contribution in [0.3, 0.4) is 0 Å². The van der Waals surface area contributed by atoms with Crippen molar-refractivity contribution in [2.75, 3.05) is 35.0 Å². The number of ether oxygens (including phenoxy) is 5. The van der Waals surface area contributed by atoms with Crippen LogP contribution < -0.4 is 18.9 Å². The maximum Gasteiger partial charge on any atom is 0.317 e. The molecular formula is C25H28O7. The first-order chi connectivity index (χ1) is 15.5. The third-order valence-electron chi connectivity index (χ3n) is 5.60. The minimum absolute atomic E-state index is 0.191. The van der Waals surface area contributed by atoms with E-state index < -0.39 is 17.8 Å². The lowest BCUT2D eigenvalue weighted by Gasteiger charge is -2.30. The zero-order valence-corrected chi connectivity index (χ0v) is 19.0. The van der Waals surface area contributed by atoms with E-state index >= 15 is 0 Å². The Morgan fingerprint density at radius 1 is 0.906 bits per heavy atom. The van der Waals surface area contributed by atoms with Gasteiger partial charge in [0.2, 0.25) is 0 Å². The van der Waals surface area contributed by atoms with E-state index in [0.29, 0.717) is 35.0 Å². The Kier molecular flexibility index (Phi) is 7.41. The third kappa shape index (κ3) is 4.56.